The van der Waals surface area contributed by atoms with Gasteiger partial charge >= 0.3 is 0 Å². The first kappa shape index (κ1) is 15.2. The molecule has 2 aromatic rings. The van der Waals surface area contributed by atoms with E-state index in [-0.39, 0.29) is 5.38 Å². The van der Waals surface area contributed by atoms with E-state index in [4.69, 9.17) is 11.6 Å². The van der Waals surface area contributed by atoms with Crippen LogP contribution < -0.4 is 10.6 Å². The van der Waals surface area contributed by atoms with Crippen LogP contribution in [0.25, 0.3) is 0 Å². The summed E-state index contributed by atoms with van der Waals surface area (Å²) in [6.07, 6.45) is 2.41. The molecule has 22 heavy (non-hydrogen) atoms. The zero-order valence-corrected chi connectivity index (χ0v) is 13.5. The molecule has 3 heteroatoms. The van der Waals surface area contributed by atoms with E-state index in [1.54, 1.807) is 0 Å². The van der Waals surface area contributed by atoms with Gasteiger partial charge in [-0.25, -0.2) is 0 Å². The van der Waals surface area contributed by atoms with Gasteiger partial charge in [0.1, 0.15) is 0 Å². The number of rotatable bonds is 6. The first-order valence-electron chi connectivity index (χ1n) is 8.05. The van der Waals surface area contributed by atoms with Crippen molar-refractivity contribution < 1.29 is 0 Å². The quantitative estimate of drug-likeness (QED) is 0.745. The van der Waals surface area contributed by atoms with Gasteiger partial charge in [-0.3, -0.25) is 0 Å². The molecule has 0 bridgehead atoms. The van der Waals surface area contributed by atoms with E-state index < -0.39 is 0 Å². The largest absolute Gasteiger partial charge is 0.385 e. The second kappa shape index (κ2) is 7.55. The van der Waals surface area contributed by atoms with Gasteiger partial charge in [-0.1, -0.05) is 36.4 Å². The van der Waals surface area contributed by atoms with E-state index in [1.807, 2.05) is 12.1 Å². The lowest BCUT2D eigenvalue weighted by atomic mass is 10.0. The van der Waals surface area contributed by atoms with Gasteiger partial charge in [0.2, 0.25) is 0 Å². The Bertz CT molecular complexity index is 507. The summed E-state index contributed by atoms with van der Waals surface area (Å²) >= 11 is 6.70. The van der Waals surface area contributed by atoms with Crippen LogP contribution in [0.4, 0.5) is 11.4 Å². The smallest absolute Gasteiger partial charge is 0.0425 e. The highest BCUT2D eigenvalue weighted by Gasteiger charge is 2.34. The molecule has 0 radical (unpaired) electrons. The molecule has 0 spiro atoms. The zero-order chi connectivity index (χ0) is 15.2. The van der Waals surface area contributed by atoms with E-state index in [1.165, 1.54) is 24.2 Å². The molecule has 1 aliphatic rings. The molecule has 2 unspecified atom stereocenters. The second-order valence-corrected chi connectivity index (χ2v) is 6.54. The molecule has 2 nitrogen and oxygen atoms in total. The monoisotopic (exact) mass is 314 g/mol. The van der Waals surface area contributed by atoms with Gasteiger partial charge in [-0.2, -0.15) is 0 Å². The van der Waals surface area contributed by atoms with Crippen LogP contribution in [0, 0.1) is 11.8 Å². The van der Waals surface area contributed by atoms with Crippen LogP contribution in [-0.2, 0) is 0 Å². The minimum Gasteiger partial charge on any atom is -0.385 e. The molecule has 0 amide bonds. The second-order valence-electron chi connectivity index (χ2n) is 6.04. The maximum Gasteiger partial charge on any atom is 0.0425 e. The lowest BCUT2D eigenvalue weighted by molar-refractivity contribution is 0.533. The third-order valence-corrected chi connectivity index (χ3v) is 5.21. The van der Waals surface area contributed by atoms with Gasteiger partial charge < -0.3 is 10.6 Å². The maximum atomic E-state index is 6.70. The molecule has 1 aliphatic carbocycles. The average Bonchev–Trinajstić information content (AvgIpc) is 2.93. The number of hydrogen-bond acceptors (Lipinski definition) is 2. The number of para-hydroxylation sites is 2. The standard InChI is InChI=1S/C19H23ClN2/c20-19-15(13-21-17-7-3-1-4-8-17)11-12-16(19)14-22-18-9-5-2-6-10-18/h1-10,15-16,19,21-22H,11-14H2. The van der Waals surface area contributed by atoms with Gasteiger partial charge in [0, 0.05) is 29.8 Å². The van der Waals surface area contributed by atoms with Crippen molar-refractivity contribution in [3.63, 3.8) is 0 Å². The summed E-state index contributed by atoms with van der Waals surface area (Å²) in [7, 11) is 0. The minimum absolute atomic E-state index is 0.243. The summed E-state index contributed by atoms with van der Waals surface area (Å²) in [4.78, 5) is 0. The summed E-state index contributed by atoms with van der Waals surface area (Å²) in [5.74, 6) is 1.09. The van der Waals surface area contributed by atoms with Crippen molar-refractivity contribution in [2.45, 2.75) is 18.2 Å². The van der Waals surface area contributed by atoms with Gasteiger partial charge in [0.25, 0.3) is 0 Å². The highest BCUT2D eigenvalue weighted by Crippen LogP contribution is 2.35. The summed E-state index contributed by atoms with van der Waals surface area (Å²) in [6.45, 7) is 1.92. The Balaban J connectivity index is 1.46. The predicted octanol–water partition coefficient (Wildman–Crippen LogP) is 4.84. The molecular weight excluding hydrogens is 292 g/mol. The van der Waals surface area contributed by atoms with Crippen molar-refractivity contribution in [3.05, 3.63) is 60.7 Å². The van der Waals surface area contributed by atoms with E-state index in [0.29, 0.717) is 11.8 Å². The van der Waals surface area contributed by atoms with Crippen molar-refractivity contribution >= 4 is 23.0 Å². The fraction of sp³-hybridized carbons (Fsp3) is 0.368. The van der Waals surface area contributed by atoms with Crippen LogP contribution in [0.1, 0.15) is 12.8 Å². The van der Waals surface area contributed by atoms with Crippen LogP contribution >= 0.6 is 11.6 Å². The summed E-state index contributed by atoms with van der Waals surface area (Å²) in [6, 6.07) is 20.7. The Labute approximate surface area is 137 Å². The zero-order valence-electron chi connectivity index (χ0n) is 12.7. The molecule has 1 fully saturated rings. The molecule has 116 valence electrons. The number of anilines is 2. The van der Waals surface area contributed by atoms with Crippen LogP contribution in [0.2, 0.25) is 0 Å². The Morgan fingerprint density at radius 1 is 0.727 bits per heavy atom. The summed E-state index contributed by atoms with van der Waals surface area (Å²) in [5, 5.41) is 7.26. The highest BCUT2D eigenvalue weighted by molar-refractivity contribution is 6.21. The first-order valence-corrected chi connectivity index (χ1v) is 8.48. The van der Waals surface area contributed by atoms with Crippen LogP contribution in [0.15, 0.2) is 60.7 Å². The van der Waals surface area contributed by atoms with Crippen molar-refractivity contribution in [2.24, 2.45) is 11.8 Å². The normalized spacial score (nSPS) is 24.1. The molecule has 1 saturated carbocycles. The van der Waals surface area contributed by atoms with Gasteiger partial charge in [-0.15, -0.1) is 11.6 Å². The molecule has 2 N–H and O–H groups in total. The molecule has 0 saturated heterocycles. The van der Waals surface area contributed by atoms with E-state index in [2.05, 4.69) is 59.2 Å². The number of halogens is 1. The molecular formula is C19H23ClN2. The Hall–Kier alpha value is -1.67. The number of nitrogens with one attached hydrogen (secondary N) is 2. The average molecular weight is 315 g/mol. The molecule has 0 heterocycles. The third kappa shape index (κ3) is 3.95. The van der Waals surface area contributed by atoms with Gasteiger partial charge in [0.15, 0.2) is 0 Å². The lowest BCUT2D eigenvalue weighted by Crippen LogP contribution is -2.26. The summed E-state index contributed by atoms with van der Waals surface area (Å²) in [5.41, 5.74) is 2.36. The van der Waals surface area contributed by atoms with E-state index in [0.717, 1.165) is 13.1 Å². The number of hydrogen-bond donors (Lipinski definition) is 2. The van der Waals surface area contributed by atoms with Crippen molar-refractivity contribution in [1.82, 2.24) is 0 Å². The SMILES string of the molecule is ClC1C(CNc2ccccc2)CCC1CNc1ccccc1. The van der Waals surface area contributed by atoms with Crippen LogP contribution in [0.3, 0.4) is 0 Å². The van der Waals surface area contributed by atoms with Gasteiger partial charge in [-0.05, 0) is 48.9 Å². The minimum atomic E-state index is 0.243. The first-order chi connectivity index (χ1) is 10.8. The van der Waals surface area contributed by atoms with Crippen molar-refractivity contribution in [1.29, 1.82) is 0 Å². The van der Waals surface area contributed by atoms with Crippen LogP contribution in [-0.4, -0.2) is 18.5 Å². The third-order valence-electron chi connectivity index (χ3n) is 4.49. The fourth-order valence-electron chi connectivity index (χ4n) is 3.17. The number of alkyl halides is 1. The summed E-state index contributed by atoms with van der Waals surface area (Å²) < 4.78 is 0. The predicted molar refractivity (Wildman–Crippen MR) is 95.7 cm³/mol. The molecule has 2 atom stereocenters. The van der Waals surface area contributed by atoms with E-state index in [9.17, 15) is 0 Å². The maximum absolute atomic E-state index is 6.70. The lowest BCUT2D eigenvalue weighted by Gasteiger charge is -2.20. The fourth-order valence-corrected chi connectivity index (χ4v) is 3.60. The Morgan fingerprint density at radius 2 is 1.14 bits per heavy atom. The molecule has 2 aromatic carbocycles. The topological polar surface area (TPSA) is 24.1 Å². The van der Waals surface area contributed by atoms with E-state index >= 15 is 0 Å². The van der Waals surface area contributed by atoms with Crippen molar-refractivity contribution in [2.75, 3.05) is 23.7 Å². The number of benzene rings is 2. The Kier molecular flexibility index (Phi) is 5.23. The Morgan fingerprint density at radius 3 is 1.55 bits per heavy atom. The molecule has 0 aliphatic heterocycles. The van der Waals surface area contributed by atoms with Crippen molar-refractivity contribution in [3.8, 4) is 0 Å². The van der Waals surface area contributed by atoms with Crippen LogP contribution in [0.5, 0.6) is 0 Å². The molecule has 3 rings (SSSR count). The molecule has 0 aromatic heterocycles. The van der Waals surface area contributed by atoms with Gasteiger partial charge in [0.05, 0.1) is 0 Å². The highest BCUT2D eigenvalue weighted by atomic mass is 35.5.